The summed E-state index contributed by atoms with van der Waals surface area (Å²) in [6.07, 6.45) is 1.57. The van der Waals surface area contributed by atoms with Gasteiger partial charge in [0.1, 0.15) is 0 Å². The first-order valence-corrected chi connectivity index (χ1v) is 4.93. The number of rotatable bonds is 3. The Morgan fingerprint density at radius 1 is 1.70 bits per heavy atom. The first-order valence-electron chi connectivity index (χ1n) is 2.59. The Bertz CT molecular complexity index is 155. The van der Waals surface area contributed by atoms with Crippen molar-refractivity contribution in [3.05, 3.63) is 0 Å². The molecule has 0 saturated carbocycles. The van der Waals surface area contributed by atoms with Crippen LogP contribution in [0.2, 0.25) is 0 Å². The molecule has 0 spiro atoms. The zero-order valence-corrected chi connectivity index (χ0v) is 9.54. The average Bonchev–Trinajstić information content (AvgIpc) is 1.59. The molecule has 0 amide bonds. The molecule has 0 N–H and O–H groups in total. The molecule has 0 aliphatic heterocycles. The number of aliphatic imine (C=N–C) groups is 1. The van der Waals surface area contributed by atoms with Gasteiger partial charge >= 0.3 is 0 Å². The van der Waals surface area contributed by atoms with Gasteiger partial charge in [-0.3, -0.25) is 0 Å². The molecule has 0 aliphatic rings. The van der Waals surface area contributed by atoms with Crippen LogP contribution in [-0.4, -0.2) is 25.8 Å². The molecule has 0 rings (SSSR count). The van der Waals surface area contributed by atoms with Crippen LogP contribution in [0.15, 0.2) is 4.99 Å². The van der Waals surface area contributed by atoms with Gasteiger partial charge in [-0.05, 0) is 0 Å². The Morgan fingerprint density at radius 3 is 2.50 bits per heavy atom. The fourth-order valence-corrected chi connectivity index (χ4v) is 2.47. The molecule has 0 bridgehead atoms. The van der Waals surface area contributed by atoms with Crippen LogP contribution in [0.3, 0.4) is 0 Å². The fraction of sp³-hybridized carbons (Fsp3) is 0.750. The van der Waals surface area contributed by atoms with Crippen LogP contribution in [-0.2, 0) is 4.79 Å². The second-order valence-corrected chi connectivity index (χ2v) is 6.17. The Balaban J connectivity index is 3.98. The summed E-state index contributed by atoms with van der Waals surface area (Å²) in [5.41, 5.74) is 0. The van der Waals surface area contributed by atoms with Crippen molar-refractivity contribution in [1.29, 1.82) is 0 Å². The fourth-order valence-electron chi connectivity index (χ4n) is 0.451. The van der Waals surface area contributed by atoms with Gasteiger partial charge in [0, 0.05) is 21.7 Å². The quantitative estimate of drug-likeness (QED) is 0.226. The van der Waals surface area contributed by atoms with Crippen LogP contribution in [0.1, 0.15) is 6.42 Å². The van der Waals surface area contributed by atoms with E-state index in [1.165, 1.54) is 6.08 Å². The number of carbonyl (C=O) groups excluding carboxylic acids is 1. The Morgan fingerprint density at radius 2 is 2.20 bits per heavy atom. The van der Waals surface area contributed by atoms with Crippen molar-refractivity contribution in [2.45, 2.75) is 15.9 Å². The lowest BCUT2D eigenvalue weighted by molar-refractivity contribution is 0.559. The highest BCUT2D eigenvalue weighted by molar-refractivity contribution is 6.50. The lowest BCUT2D eigenvalue weighted by atomic mass is 10.5. The van der Waals surface area contributed by atoms with Crippen LogP contribution in [0, 0.1) is 0 Å². The van der Waals surface area contributed by atoms with Gasteiger partial charge in [0.2, 0.25) is 10.5 Å². The van der Waals surface area contributed by atoms with Crippen molar-refractivity contribution in [1.82, 2.24) is 0 Å². The molecule has 0 heterocycles. The summed E-state index contributed by atoms with van der Waals surface area (Å²) in [6, 6.07) is 0. The van der Waals surface area contributed by atoms with Crippen molar-refractivity contribution in [2.75, 3.05) is 0 Å². The Labute approximate surface area is 77.0 Å². The number of isocyanates is 1. The van der Waals surface area contributed by atoms with E-state index >= 15 is 0 Å². The maximum Gasteiger partial charge on any atom is 0.238 e. The van der Waals surface area contributed by atoms with Gasteiger partial charge in [-0.1, -0.05) is 23.2 Å². The molecular weight excluding hydrogens is 212 g/mol. The van der Waals surface area contributed by atoms with Crippen LogP contribution in [0.5, 0.6) is 0 Å². The highest BCUT2D eigenvalue weighted by atomic mass is 35.5. The van der Waals surface area contributed by atoms with Crippen molar-refractivity contribution < 1.29 is 4.79 Å². The molecule has 58 valence electrons. The van der Waals surface area contributed by atoms with Gasteiger partial charge in [-0.2, -0.15) is 4.99 Å². The SMILES string of the molecule is O=C=NC(Cl)(Cl)CC([SiH3])Cl. The van der Waals surface area contributed by atoms with Gasteiger partial charge in [0.05, 0.1) is 0 Å². The van der Waals surface area contributed by atoms with Gasteiger partial charge < -0.3 is 0 Å². The second-order valence-electron chi connectivity index (χ2n) is 1.85. The van der Waals surface area contributed by atoms with E-state index in [0.29, 0.717) is 6.42 Å². The normalized spacial score (nSPS) is 14.3. The standard InChI is InChI=1S/C4H6Cl3NOSi/c5-3(10)1-4(6,7)8-2-9/h3H,1H2,10H3. The maximum absolute atomic E-state index is 9.71. The zero-order valence-electron chi connectivity index (χ0n) is 5.27. The van der Waals surface area contributed by atoms with Gasteiger partial charge in [0.25, 0.3) is 0 Å². The Hall–Kier alpha value is 0.467. The molecule has 0 aliphatic carbocycles. The van der Waals surface area contributed by atoms with Gasteiger partial charge in [-0.25, -0.2) is 4.79 Å². The molecule has 0 aromatic heterocycles. The molecule has 1 unspecified atom stereocenters. The van der Waals surface area contributed by atoms with E-state index in [0.717, 1.165) is 10.2 Å². The van der Waals surface area contributed by atoms with Crippen LogP contribution in [0.4, 0.5) is 0 Å². The predicted molar refractivity (Wildman–Crippen MR) is 46.8 cm³/mol. The summed E-state index contributed by atoms with van der Waals surface area (Å²) in [6.45, 7) is 0. The van der Waals surface area contributed by atoms with Crippen molar-refractivity contribution in [2.24, 2.45) is 4.99 Å². The molecule has 10 heavy (non-hydrogen) atoms. The summed E-state index contributed by atoms with van der Waals surface area (Å²) >= 11 is 16.6. The number of halogens is 3. The minimum Gasteiger partial charge on any atom is -0.211 e. The van der Waals surface area contributed by atoms with E-state index in [9.17, 15) is 4.79 Å². The van der Waals surface area contributed by atoms with E-state index < -0.39 is 4.46 Å². The molecule has 0 radical (unpaired) electrons. The summed E-state index contributed by atoms with van der Waals surface area (Å²) in [7, 11) is 0.764. The molecule has 6 heteroatoms. The number of alkyl halides is 3. The van der Waals surface area contributed by atoms with E-state index in [1.807, 2.05) is 0 Å². The lowest BCUT2D eigenvalue weighted by Gasteiger charge is -2.12. The topological polar surface area (TPSA) is 29.4 Å². The number of nitrogens with zero attached hydrogens (tertiary/aromatic N) is 1. The van der Waals surface area contributed by atoms with Crippen molar-refractivity contribution >= 4 is 51.1 Å². The van der Waals surface area contributed by atoms with Crippen molar-refractivity contribution in [3.8, 4) is 0 Å². The van der Waals surface area contributed by atoms with E-state index in [2.05, 4.69) is 4.99 Å². The minimum atomic E-state index is -1.38. The van der Waals surface area contributed by atoms with Crippen molar-refractivity contribution in [3.63, 3.8) is 0 Å². The van der Waals surface area contributed by atoms with Gasteiger partial charge in [0.15, 0.2) is 0 Å². The van der Waals surface area contributed by atoms with E-state index in [4.69, 9.17) is 34.8 Å². The summed E-state index contributed by atoms with van der Waals surface area (Å²) in [5.74, 6) is 0. The molecule has 0 aromatic rings. The molecule has 0 aromatic carbocycles. The predicted octanol–water partition coefficient (Wildman–Crippen LogP) is 0.774. The monoisotopic (exact) mass is 217 g/mol. The van der Waals surface area contributed by atoms with Crippen LogP contribution < -0.4 is 0 Å². The third kappa shape index (κ3) is 5.27. The highest BCUT2D eigenvalue weighted by Crippen LogP contribution is 2.28. The van der Waals surface area contributed by atoms with Crippen LogP contribution in [0.25, 0.3) is 0 Å². The minimum absolute atomic E-state index is 0.0768. The highest BCUT2D eigenvalue weighted by Gasteiger charge is 2.24. The largest absolute Gasteiger partial charge is 0.238 e. The molecule has 0 fully saturated rings. The smallest absolute Gasteiger partial charge is 0.211 e. The molecule has 0 saturated heterocycles. The number of hydrogen-bond donors (Lipinski definition) is 0. The van der Waals surface area contributed by atoms with Gasteiger partial charge in [-0.15, -0.1) is 11.6 Å². The first kappa shape index (κ1) is 10.5. The first-order chi connectivity index (χ1) is 4.48. The Kier molecular flexibility index (Phi) is 4.57. The van der Waals surface area contributed by atoms with E-state index in [-0.39, 0.29) is 5.00 Å². The summed E-state index contributed by atoms with van der Waals surface area (Å²) in [4.78, 5) is 12.9. The zero-order chi connectivity index (χ0) is 8.20. The van der Waals surface area contributed by atoms with E-state index in [1.54, 1.807) is 0 Å². The molecule has 1 atom stereocenters. The summed E-state index contributed by atoms with van der Waals surface area (Å²) in [5, 5.41) is -0.0768. The lowest BCUT2D eigenvalue weighted by Crippen LogP contribution is -2.15. The van der Waals surface area contributed by atoms with Crippen LogP contribution >= 0.6 is 34.8 Å². The second kappa shape index (κ2) is 4.37. The average molecular weight is 219 g/mol. The summed E-state index contributed by atoms with van der Waals surface area (Å²) < 4.78 is -1.38. The molecular formula is C4H6Cl3NOSi. The third-order valence-electron chi connectivity index (χ3n) is 0.736. The number of hydrogen-bond acceptors (Lipinski definition) is 2. The molecule has 2 nitrogen and oxygen atoms in total. The third-order valence-corrected chi connectivity index (χ3v) is 1.78. The maximum atomic E-state index is 9.71.